The lowest BCUT2D eigenvalue weighted by Gasteiger charge is -2.06. The molecule has 3 rings (SSSR count). The Balaban J connectivity index is 0.000000774. The second kappa shape index (κ2) is 6.14. The van der Waals surface area contributed by atoms with Crippen LogP contribution in [0, 0.1) is 6.92 Å². The van der Waals surface area contributed by atoms with E-state index in [-0.39, 0.29) is 10.6 Å². The number of fused-ring (bicyclic) bond motifs is 1. The van der Waals surface area contributed by atoms with Gasteiger partial charge in [-0.3, -0.25) is 4.79 Å². The lowest BCUT2D eigenvalue weighted by atomic mass is 10.2. The number of pyridine rings is 1. The van der Waals surface area contributed by atoms with Crippen molar-refractivity contribution < 1.29 is 0 Å². The molecule has 5 heteroatoms. The molecule has 0 radical (unpaired) electrons. The molecule has 0 aliphatic rings. The lowest BCUT2D eigenvalue weighted by Crippen LogP contribution is -2.17. The van der Waals surface area contributed by atoms with Gasteiger partial charge in [-0.15, -0.1) is 0 Å². The second-order valence-electron chi connectivity index (χ2n) is 4.48. The number of halogens is 1. The number of aromatic nitrogens is 3. The molecule has 0 amide bonds. The molecule has 1 aromatic carbocycles. The topological polar surface area (TPSA) is 39.8 Å². The monoisotopic (exact) mass is 303 g/mol. The molecule has 0 saturated carbocycles. The van der Waals surface area contributed by atoms with Crippen LogP contribution in [0.3, 0.4) is 0 Å². The Morgan fingerprint density at radius 3 is 2.52 bits per heavy atom. The van der Waals surface area contributed by atoms with Gasteiger partial charge in [0.25, 0.3) is 5.56 Å². The van der Waals surface area contributed by atoms with Crippen LogP contribution in [0.15, 0.2) is 41.3 Å². The third-order valence-electron chi connectivity index (χ3n) is 3.14. The number of hydrogen-bond donors (Lipinski definition) is 0. The third-order valence-corrected chi connectivity index (χ3v) is 3.41. The summed E-state index contributed by atoms with van der Waals surface area (Å²) in [5, 5.41) is 5.80. The fourth-order valence-electron chi connectivity index (χ4n) is 2.19. The second-order valence-corrected chi connectivity index (χ2v) is 4.88. The highest BCUT2D eigenvalue weighted by atomic mass is 35.5. The zero-order valence-electron chi connectivity index (χ0n) is 12.6. The smallest absolute Gasteiger partial charge is 0.269 e. The number of hydrogen-bond acceptors (Lipinski definition) is 2. The van der Waals surface area contributed by atoms with Crippen molar-refractivity contribution in [2.24, 2.45) is 7.05 Å². The number of benzene rings is 1. The van der Waals surface area contributed by atoms with Gasteiger partial charge in [0.15, 0.2) is 0 Å². The quantitative estimate of drug-likeness (QED) is 0.687. The van der Waals surface area contributed by atoms with E-state index in [9.17, 15) is 4.79 Å². The van der Waals surface area contributed by atoms with Crippen LogP contribution >= 0.6 is 11.6 Å². The highest BCUT2D eigenvalue weighted by Crippen LogP contribution is 2.21. The lowest BCUT2D eigenvalue weighted by molar-refractivity contribution is 0.817. The van der Waals surface area contributed by atoms with Gasteiger partial charge in [-0.05, 0) is 19.1 Å². The summed E-state index contributed by atoms with van der Waals surface area (Å²) in [6.07, 6.45) is 1.73. The first-order chi connectivity index (χ1) is 10.1. The molecule has 110 valence electrons. The molecule has 0 aliphatic carbocycles. The average Bonchev–Trinajstić information content (AvgIpc) is 2.84. The summed E-state index contributed by atoms with van der Waals surface area (Å²) >= 11 is 5.95. The normalized spacial score (nSPS) is 10.3. The van der Waals surface area contributed by atoms with Crippen LogP contribution in [0.2, 0.25) is 5.02 Å². The zero-order valence-corrected chi connectivity index (χ0v) is 13.3. The van der Waals surface area contributed by atoms with Crippen molar-refractivity contribution in [1.29, 1.82) is 0 Å². The Morgan fingerprint density at radius 2 is 1.86 bits per heavy atom. The van der Waals surface area contributed by atoms with Gasteiger partial charge >= 0.3 is 0 Å². The molecule has 0 saturated heterocycles. The third kappa shape index (κ3) is 2.72. The van der Waals surface area contributed by atoms with Crippen LogP contribution in [-0.2, 0) is 7.05 Å². The highest BCUT2D eigenvalue weighted by Gasteiger charge is 2.10. The Labute approximate surface area is 128 Å². The van der Waals surface area contributed by atoms with Gasteiger partial charge < -0.3 is 4.57 Å². The van der Waals surface area contributed by atoms with Gasteiger partial charge in [-0.1, -0.05) is 43.6 Å². The maximum Gasteiger partial charge on any atom is 0.269 e. The van der Waals surface area contributed by atoms with E-state index in [1.165, 1.54) is 4.57 Å². The van der Waals surface area contributed by atoms with E-state index in [2.05, 4.69) is 5.10 Å². The maximum absolute atomic E-state index is 11.6. The Morgan fingerprint density at radius 1 is 1.19 bits per heavy atom. The first-order valence-electron chi connectivity index (χ1n) is 6.89. The standard InChI is InChI=1S/C14H12ClN3O.C2H6/c1-9-11-5-3-4-6-13(11)18(16-9)10-7-12(15)14(19)17(2)8-10;1-2/h3-8H,1-2H3;1-2H3. The van der Waals surface area contributed by atoms with E-state index in [0.29, 0.717) is 0 Å². The Bertz CT molecular complexity index is 807. The number of para-hydroxylation sites is 1. The molecule has 21 heavy (non-hydrogen) atoms. The van der Waals surface area contributed by atoms with Crippen LogP contribution < -0.4 is 5.56 Å². The molecule has 0 atom stereocenters. The summed E-state index contributed by atoms with van der Waals surface area (Å²) in [5.74, 6) is 0. The van der Waals surface area contributed by atoms with Crippen LogP contribution in [0.1, 0.15) is 19.5 Å². The summed E-state index contributed by atoms with van der Waals surface area (Å²) in [7, 11) is 1.68. The van der Waals surface area contributed by atoms with Gasteiger partial charge in [-0.25, -0.2) is 4.68 Å². The molecule has 0 spiro atoms. The van der Waals surface area contributed by atoms with Crippen LogP contribution in [-0.4, -0.2) is 14.3 Å². The fraction of sp³-hybridized carbons (Fsp3) is 0.250. The van der Waals surface area contributed by atoms with Crippen molar-refractivity contribution in [3.8, 4) is 5.69 Å². The van der Waals surface area contributed by atoms with Crippen molar-refractivity contribution in [1.82, 2.24) is 14.3 Å². The molecule has 2 heterocycles. The molecular formula is C16H18ClN3O. The fourth-order valence-corrected chi connectivity index (χ4v) is 2.43. The van der Waals surface area contributed by atoms with Crippen molar-refractivity contribution >= 4 is 22.5 Å². The number of nitrogens with zero attached hydrogens (tertiary/aromatic N) is 3. The summed E-state index contributed by atoms with van der Waals surface area (Å²) < 4.78 is 3.26. The minimum atomic E-state index is -0.210. The van der Waals surface area contributed by atoms with Crippen LogP contribution in [0.25, 0.3) is 16.6 Å². The molecule has 0 N–H and O–H groups in total. The van der Waals surface area contributed by atoms with Gasteiger partial charge in [0.05, 0.1) is 16.9 Å². The van der Waals surface area contributed by atoms with Gasteiger partial charge in [0.2, 0.25) is 0 Å². The maximum atomic E-state index is 11.6. The van der Waals surface area contributed by atoms with Crippen molar-refractivity contribution in [3.05, 3.63) is 57.6 Å². The summed E-state index contributed by atoms with van der Waals surface area (Å²) in [6.45, 7) is 5.96. The highest BCUT2D eigenvalue weighted by molar-refractivity contribution is 6.30. The molecule has 2 aromatic heterocycles. The van der Waals surface area contributed by atoms with E-state index in [4.69, 9.17) is 11.6 Å². The number of rotatable bonds is 1. The van der Waals surface area contributed by atoms with E-state index < -0.39 is 0 Å². The molecule has 0 fully saturated rings. The number of aryl methyl sites for hydroxylation is 2. The molecule has 0 unspecified atom stereocenters. The van der Waals surface area contributed by atoms with Crippen LogP contribution in [0.4, 0.5) is 0 Å². The van der Waals surface area contributed by atoms with E-state index in [1.807, 2.05) is 45.0 Å². The van der Waals surface area contributed by atoms with E-state index in [0.717, 1.165) is 22.3 Å². The minimum absolute atomic E-state index is 0.192. The summed E-state index contributed by atoms with van der Waals surface area (Å²) in [4.78, 5) is 11.6. The molecule has 3 aromatic rings. The first-order valence-corrected chi connectivity index (χ1v) is 7.26. The summed E-state index contributed by atoms with van der Waals surface area (Å²) in [5.41, 5.74) is 2.50. The van der Waals surface area contributed by atoms with E-state index >= 15 is 0 Å². The van der Waals surface area contributed by atoms with Crippen molar-refractivity contribution in [3.63, 3.8) is 0 Å². The summed E-state index contributed by atoms with van der Waals surface area (Å²) in [6, 6.07) is 9.60. The molecule has 0 bridgehead atoms. The Hall–Kier alpha value is -2.07. The van der Waals surface area contributed by atoms with Gasteiger partial charge in [0, 0.05) is 18.6 Å². The SMILES string of the molecule is CC.Cc1nn(-c2cc(Cl)c(=O)n(C)c2)c2ccccc12. The van der Waals surface area contributed by atoms with Crippen LogP contribution in [0.5, 0.6) is 0 Å². The van der Waals surface area contributed by atoms with Gasteiger partial charge in [-0.2, -0.15) is 5.10 Å². The predicted octanol–water partition coefficient (Wildman–Crippen LogP) is 3.71. The molecule has 0 aliphatic heterocycles. The minimum Gasteiger partial charge on any atom is -0.315 e. The predicted molar refractivity (Wildman–Crippen MR) is 87.4 cm³/mol. The largest absolute Gasteiger partial charge is 0.315 e. The first kappa shape index (κ1) is 15.3. The Kier molecular flexibility index (Phi) is 4.48. The van der Waals surface area contributed by atoms with Crippen molar-refractivity contribution in [2.45, 2.75) is 20.8 Å². The zero-order chi connectivity index (χ0) is 15.6. The molecule has 4 nitrogen and oxygen atoms in total. The van der Waals surface area contributed by atoms with Gasteiger partial charge in [0.1, 0.15) is 5.02 Å². The van der Waals surface area contributed by atoms with E-state index in [1.54, 1.807) is 24.0 Å². The molecular weight excluding hydrogens is 286 g/mol. The van der Waals surface area contributed by atoms with Crippen molar-refractivity contribution in [2.75, 3.05) is 0 Å². The average molecular weight is 304 g/mol.